The lowest BCUT2D eigenvalue weighted by atomic mass is 10.0. The molecule has 206 valence electrons. The average Bonchev–Trinajstić information content (AvgIpc) is 2.82. The molecule has 1 atom stereocenters. The number of rotatable bonds is 9. The quantitative estimate of drug-likeness (QED) is 0.194. The molecule has 10 heteroatoms. The molecule has 0 amide bonds. The fraction of sp³-hybridized carbons (Fsp3) is 0.429. The second-order valence-electron chi connectivity index (χ2n) is 11.7. The van der Waals surface area contributed by atoms with Gasteiger partial charge in [0.05, 0.1) is 18.2 Å². The molecule has 6 nitrogen and oxygen atoms in total. The number of hydrogen-bond acceptors (Lipinski definition) is 7. The summed E-state index contributed by atoms with van der Waals surface area (Å²) in [7, 11) is -1.95. The Bertz CT molecular complexity index is 1250. The number of nitrogens with zero attached hydrogens (tertiary/aromatic N) is 2. The Kier molecular flexibility index (Phi) is 10.0. The van der Waals surface area contributed by atoms with Gasteiger partial charge in [-0.15, -0.1) is 4.72 Å². The largest absolute Gasteiger partial charge is 0.598 e. The number of aromatic hydroxyl groups is 1. The van der Waals surface area contributed by atoms with Gasteiger partial charge in [-0.3, -0.25) is 0 Å². The van der Waals surface area contributed by atoms with Gasteiger partial charge in [-0.1, -0.05) is 50.2 Å². The van der Waals surface area contributed by atoms with Crippen LogP contribution in [0.5, 0.6) is 5.88 Å². The van der Waals surface area contributed by atoms with Crippen LogP contribution in [0.2, 0.25) is 23.2 Å². The van der Waals surface area contributed by atoms with E-state index < -0.39 is 24.4 Å². The number of hydrogen-bond donors (Lipinski definition) is 2. The van der Waals surface area contributed by atoms with E-state index in [1.165, 1.54) is 11.8 Å². The third-order valence-electron chi connectivity index (χ3n) is 6.60. The Morgan fingerprint density at radius 2 is 1.76 bits per heavy atom. The van der Waals surface area contributed by atoms with Crippen LogP contribution in [0.25, 0.3) is 11.1 Å². The first-order valence-corrected chi connectivity index (χ1v) is 17.7. The molecular formula is C28H38ClN3O3S2Si. The summed E-state index contributed by atoms with van der Waals surface area (Å²) in [4.78, 5) is 9.51. The standard InChI is InChI=1S/C28H38ClN3O3S2Si/c1-27(2,3)37(34)32-17-22-14-21(19-11-12-24(33)31-16-19)15-23(29)25(22)36-26-20(10-9-13-30-26)18-35-38(7,8)28(4,5)6/h9-16,32H,17-18H2,1-8H3,(H,31,33). The van der Waals surface area contributed by atoms with Crippen LogP contribution in [0.3, 0.4) is 0 Å². The number of nitrogens with one attached hydrogen (secondary N) is 1. The molecule has 2 N–H and O–H groups in total. The smallest absolute Gasteiger partial charge is 0.210 e. The van der Waals surface area contributed by atoms with E-state index in [1.54, 1.807) is 24.5 Å². The van der Waals surface area contributed by atoms with Crippen LogP contribution < -0.4 is 4.72 Å². The van der Waals surface area contributed by atoms with Gasteiger partial charge >= 0.3 is 0 Å². The van der Waals surface area contributed by atoms with Gasteiger partial charge in [0, 0.05) is 45.8 Å². The topological polar surface area (TPSA) is 90.3 Å². The van der Waals surface area contributed by atoms with Crippen molar-refractivity contribution in [3.63, 3.8) is 0 Å². The lowest BCUT2D eigenvalue weighted by Crippen LogP contribution is -2.40. The SMILES string of the molecule is CC(C)(C)[S+]([O-])NCc1cc(-c2ccc(O)nc2)cc(Cl)c1Sc1ncccc1CO[Si](C)(C)C(C)(C)C. The third-order valence-corrected chi connectivity index (χ3v) is 14.2. The molecule has 3 aromatic rings. The molecule has 0 aliphatic carbocycles. The van der Waals surface area contributed by atoms with Crippen LogP contribution in [0.15, 0.2) is 58.7 Å². The Balaban J connectivity index is 1.98. The summed E-state index contributed by atoms with van der Waals surface area (Å²) < 4.78 is 22.0. The summed E-state index contributed by atoms with van der Waals surface area (Å²) in [5.41, 5.74) is 3.57. The predicted octanol–water partition coefficient (Wildman–Crippen LogP) is 7.73. The van der Waals surface area contributed by atoms with Crippen LogP contribution in [-0.2, 0) is 28.9 Å². The Labute approximate surface area is 240 Å². The highest BCUT2D eigenvalue weighted by atomic mass is 35.5. The zero-order valence-electron chi connectivity index (χ0n) is 23.4. The predicted molar refractivity (Wildman–Crippen MR) is 161 cm³/mol. The van der Waals surface area contributed by atoms with Crippen molar-refractivity contribution >= 4 is 43.0 Å². The molecule has 1 aromatic carbocycles. The van der Waals surface area contributed by atoms with Crippen molar-refractivity contribution in [2.75, 3.05) is 0 Å². The zero-order chi connectivity index (χ0) is 28.3. The van der Waals surface area contributed by atoms with Gasteiger partial charge in [0.1, 0.15) is 9.77 Å². The number of halogens is 1. The number of aromatic nitrogens is 2. The van der Waals surface area contributed by atoms with Gasteiger partial charge in [0.2, 0.25) is 5.88 Å². The Morgan fingerprint density at radius 1 is 1.05 bits per heavy atom. The van der Waals surface area contributed by atoms with Gasteiger partial charge in [0.15, 0.2) is 8.32 Å². The molecule has 0 radical (unpaired) electrons. The second-order valence-corrected chi connectivity index (χ2v) is 19.9. The molecule has 38 heavy (non-hydrogen) atoms. The lowest BCUT2D eigenvalue weighted by Gasteiger charge is -2.36. The molecule has 0 spiro atoms. The number of benzene rings is 1. The Hall–Kier alpha value is -1.59. The third kappa shape index (κ3) is 7.97. The zero-order valence-corrected chi connectivity index (χ0v) is 26.8. The van der Waals surface area contributed by atoms with Crippen LogP contribution >= 0.6 is 23.4 Å². The van der Waals surface area contributed by atoms with Crippen molar-refractivity contribution in [1.29, 1.82) is 0 Å². The molecule has 0 fully saturated rings. The van der Waals surface area contributed by atoms with Gasteiger partial charge < -0.3 is 14.1 Å². The summed E-state index contributed by atoms with van der Waals surface area (Å²) in [6, 6.07) is 11.2. The van der Waals surface area contributed by atoms with Crippen molar-refractivity contribution in [3.8, 4) is 17.0 Å². The summed E-state index contributed by atoms with van der Waals surface area (Å²) in [5, 5.41) is 11.1. The first kappa shape index (κ1) is 30.9. The minimum Gasteiger partial charge on any atom is -0.598 e. The van der Waals surface area contributed by atoms with Crippen molar-refractivity contribution in [2.24, 2.45) is 0 Å². The van der Waals surface area contributed by atoms with Gasteiger partial charge in [-0.2, -0.15) is 0 Å². The van der Waals surface area contributed by atoms with E-state index in [1.807, 2.05) is 45.0 Å². The normalized spacial score (nSPS) is 13.5. The maximum absolute atomic E-state index is 12.8. The minimum atomic E-state index is -1.95. The van der Waals surface area contributed by atoms with E-state index in [0.717, 1.165) is 32.2 Å². The van der Waals surface area contributed by atoms with Crippen LogP contribution in [-0.4, -0.2) is 32.7 Å². The van der Waals surface area contributed by atoms with Gasteiger partial charge in [0.25, 0.3) is 0 Å². The van der Waals surface area contributed by atoms with Gasteiger partial charge in [-0.05, 0) is 74.3 Å². The number of pyridine rings is 2. The molecule has 0 bridgehead atoms. The average molecular weight is 592 g/mol. The monoisotopic (exact) mass is 591 g/mol. The minimum absolute atomic E-state index is 0.0444. The summed E-state index contributed by atoms with van der Waals surface area (Å²) in [6.45, 7) is 17.8. The van der Waals surface area contributed by atoms with E-state index in [9.17, 15) is 9.66 Å². The molecule has 0 saturated heterocycles. The fourth-order valence-electron chi connectivity index (χ4n) is 3.18. The summed E-state index contributed by atoms with van der Waals surface area (Å²) >= 11 is 7.12. The maximum atomic E-state index is 12.8. The highest BCUT2D eigenvalue weighted by molar-refractivity contribution is 7.99. The maximum Gasteiger partial charge on any atom is 0.210 e. The van der Waals surface area contributed by atoms with E-state index in [-0.39, 0.29) is 10.9 Å². The summed E-state index contributed by atoms with van der Waals surface area (Å²) in [5.74, 6) is -0.0444. The molecule has 0 saturated carbocycles. The molecule has 1 unspecified atom stereocenters. The summed E-state index contributed by atoms with van der Waals surface area (Å²) in [6.07, 6.45) is 3.38. The van der Waals surface area contributed by atoms with E-state index in [2.05, 4.69) is 48.6 Å². The molecule has 3 rings (SSSR count). The van der Waals surface area contributed by atoms with Gasteiger partial charge in [-0.25, -0.2) is 9.97 Å². The molecular weight excluding hydrogens is 554 g/mol. The molecule has 0 aliphatic heterocycles. The highest BCUT2D eigenvalue weighted by Gasteiger charge is 2.37. The fourth-order valence-corrected chi connectivity index (χ4v) is 6.18. The van der Waals surface area contributed by atoms with Crippen molar-refractivity contribution < 1.29 is 14.1 Å². The van der Waals surface area contributed by atoms with Crippen molar-refractivity contribution in [1.82, 2.24) is 14.7 Å². The van der Waals surface area contributed by atoms with Crippen molar-refractivity contribution in [2.45, 2.75) is 87.5 Å². The van der Waals surface area contributed by atoms with Crippen LogP contribution in [0.1, 0.15) is 52.7 Å². The van der Waals surface area contributed by atoms with E-state index >= 15 is 0 Å². The molecule has 2 aromatic heterocycles. The first-order chi connectivity index (χ1) is 17.6. The van der Waals surface area contributed by atoms with Crippen LogP contribution in [0.4, 0.5) is 0 Å². The van der Waals surface area contributed by atoms with Crippen LogP contribution in [0, 0.1) is 0 Å². The van der Waals surface area contributed by atoms with Crippen molar-refractivity contribution in [3.05, 3.63) is 64.9 Å². The molecule has 2 heterocycles. The Morgan fingerprint density at radius 3 is 2.37 bits per heavy atom. The van der Waals surface area contributed by atoms with E-state index in [4.69, 9.17) is 16.0 Å². The highest BCUT2D eigenvalue weighted by Crippen LogP contribution is 2.41. The lowest BCUT2D eigenvalue weighted by molar-refractivity contribution is 0.273. The first-order valence-electron chi connectivity index (χ1n) is 12.5. The molecule has 0 aliphatic rings. The second kappa shape index (κ2) is 12.3. The van der Waals surface area contributed by atoms with E-state index in [0.29, 0.717) is 18.2 Å².